The molecule has 100 valence electrons. The molecule has 1 heterocycles. The van der Waals surface area contributed by atoms with Crippen molar-refractivity contribution in [2.45, 2.75) is 6.54 Å². The van der Waals surface area contributed by atoms with E-state index in [0.29, 0.717) is 17.8 Å². The van der Waals surface area contributed by atoms with E-state index in [1.165, 1.54) is 0 Å². The van der Waals surface area contributed by atoms with E-state index in [4.69, 9.17) is 20.5 Å². The Balaban J connectivity index is 1.72. The summed E-state index contributed by atoms with van der Waals surface area (Å²) in [7, 11) is 0. The molecule has 1 aliphatic heterocycles. The second kappa shape index (κ2) is 5.02. The van der Waals surface area contributed by atoms with Gasteiger partial charge >= 0.3 is 0 Å². The number of hydrogen-bond donors (Lipinski definition) is 2. The van der Waals surface area contributed by atoms with Gasteiger partial charge in [-0.15, -0.1) is 0 Å². The molecule has 0 unspecified atom stereocenters. The molecule has 2 aromatic carbocycles. The Morgan fingerprint density at radius 3 is 2.85 bits per heavy atom. The van der Waals surface area contributed by atoms with Crippen molar-refractivity contribution in [2.75, 3.05) is 17.8 Å². The first-order chi connectivity index (χ1) is 9.76. The number of anilines is 2. The highest BCUT2D eigenvalue weighted by Crippen LogP contribution is 2.32. The molecule has 0 aromatic heterocycles. The van der Waals surface area contributed by atoms with Crippen LogP contribution in [0, 0.1) is 11.3 Å². The van der Waals surface area contributed by atoms with Gasteiger partial charge in [-0.2, -0.15) is 5.26 Å². The van der Waals surface area contributed by atoms with Gasteiger partial charge < -0.3 is 20.5 Å². The lowest BCUT2D eigenvalue weighted by Crippen LogP contribution is -2.00. The first-order valence-corrected chi connectivity index (χ1v) is 6.18. The van der Waals surface area contributed by atoms with Crippen molar-refractivity contribution >= 4 is 11.4 Å². The third kappa shape index (κ3) is 2.31. The summed E-state index contributed by atoms with van der Waals surface area (Å²) in [6, 6.07) is 13.2. The first-order valence-electron chi connectivity index (χ1n) is 6.18. The van der Waals surface area contributed by atoms with Crippen molar-refractivity contribution < 1.29 is 9.47 Å². The molecule has 0 atom stereocenters. The van der Waals surface area contributed by atoms with Crippen LogP contribution in [0.1, 0.15) is 11.1 Å². The number of nitriles is 1. The number of nitrogen functional groups attached to an aromatic ring is 1. The summed E-state index contributed by atoms with van der Waals surface area (Å²) in [4.78, 5) is 0. The van der Waals surface area contributed by atoms with E-state index in [-0.39, 0.29) is 6.79 Å². The Morgan fingerprint density at radius 2 is 2.00 bits per heavy atom. The second-order valence-electron chi connectivity index (χ2n) is 4.46. The fraction of sp³-hybridized carbons (Fsp3) is 0.133. The van der Waals surface area contributed by atoms with Gasteiger partial charge in [-0.1, -0.05) is 6.07 Å². The third-order valence-corrected chi connectivity index (χ3v) is 3.11. The highest BCUT2D eigenvalue weighted by molar-refractivity contribution is 5.62. The maximum atomic E-state index is 8.95. The van der Waals surface area contributed by atoms with Crippen LogP contribution in [0.15, 0.2) is 36.4 Å². The van der Waals surface area contributed by atoms with Gasteiger partial charge in [0.1, 0.15) is 6.07 Å². The van der Waals surface area contributed by atoms with Gasteiger partial charge in [0.2, 0.25) is 6.79 Å². The summed E-state index contributed by atoms with van der Waals surface area (Å²) in [6.07, 6.45) is 0. The third-order valence-electron chi connectivity index (χ3n) is 3.11. The number of nitrogens with one attached hydrogen (secondary N) is 1. The normalized spacial score (nSPS) is 11.9. The van der Waals surface area contributed by atoms with Crippen LogP contribution >= 0.6 is 0 Å². The zero-order valence-corrected chi connectivity index (χ0v) is 10.7. The second-order valence-corrected chi connectivity index (χ2v) is 4.46. The number of nitrogens with two attached hydrogens (primary N) is 1. The molecular weight excluding hydrogens is 254 g/mol. The van der Waals surface area contributed by atoms with Crippen molar-refractivity contribution in [3.63, 3.8) is 0 Å². The maximum absolute atomic E-state index is 8.95. The molecule has 0 fully saturated rings. The molecule has 0 aliphatic carbocycles. The largest absolute Gasteiger partial charge is 0.454 e. The quantitative estimate of drug-likeness (QED) is 0.835. The van der Waals surface area contributed by atoms with E-state index >= 15 is 0 Å². The number of nitrogens with zero attached hydrogens (tertiary/aromatic N) is 1. The molecule has 5 heteroatoms. The van der Waals surface area contributed by atoms with E-state index in [2.05, 4.69) is 11.4 Å². The smallest absolute Gasteiger partial charge is 0.231 e. The average molecular weight is 267 g/mol. The molecule has 0 saturated heterocycles. The van der Waals surface area contributed by atoms with E-state index in [1.54, 1.807) is 12.1 Å². The lowest BCUT2D eigenvalue weighted by atomic mass is 10.1. The van der Waals surface area contributed by atoms with Crippen LogP contribution < -0.4 is 20.5 Å². The minimum absolute atomic E-state index is 0.274. The van der Waals surface area contributed by atoms with Crippen molar-refractivity contribution in [3.8, 4) is 17.6 Å². The van der Waals surface area contributed by atoms with E-state index in [1.807, 2.05) is 24.3 Å². The minimum Gasteiger partial charge on any atom is -0.454 e. The van der Waals surface area contributed by atoms with Crippen LogP contribution in [0.3, 0.4) is 0 Å². The summed E-state index contributed by atoms with van der Waals surface area (Å²) in [5.74, 6) is 1.53. The molecule has 0 spiro atoms. The van der Waals surface area contributed by atoms with Gasteiger partial charge in [0.05, 0.1) is 5.56 Å². The molecule has 0 saturated carbocycles. The number of hydrogen-bond acceptors (Lipinski definition) is 5. The summed E-state index contributed by atoms with van der Waals surface area (Å²) < 4.78 is 10.6. The molecule has 1 aliphatic rings. The summed E-state index contributed by atoms with van der Waals surface area (Å²) in [6.45, 7) is 0.904. The lowest BCUT2D eigenvalue weighted by molar-refractivity contribution is 0.174. The standard InChI is InChI=1S/C15H13N3O2/c16-7-11-6-12(2-3-13(11)17)18-8-10-1-4-14-15(5-10)20-9-19-14/h1-6,18H,8-9,17H2. The van der Waals surface area contributed by atoms with Gasteiger partial charge in [0.25, 0.3) is 0 Å². The van der Waals surface area contributed by atoms with Crippen LogP contribution in [0.2, 0.25) is 0 Å². The topological polar surface area (TPSA) is 80.3 Å². The molecule has 5 nitrogen and oxygen atoms in total. The van der Waals surface area contributed by atoms with Crippen LogP contribution in [0.4, 0.5) is 11.4 Å². The highest BCUT2D eigenvalue weighted by atomic mass is 16.7. The van der Waals surface area contributed by atoms with E-state index < -0.39 is 0 Å². The van der Waals surface area contributed by atoms with Gasteiger partial charge in [0, 0.05) is 17.9 Å². The molecule has 0 amide bonds. The Labute approximate surface area is 116 Å². The van der Waals surface area contributed by atoms with E-state index in [0.717, 1.165) is 22.7 Å². The van der Waals surface area contributed by atoms with Crippen molar-refractivity contribution in [1.82, 2.24) is 0 Å². The van der Waals surface area contributed by atoms with Crippen molar-refractivity contribution in [2.24, 2.45) is 0 Å². The van der Waals surface area contributed by atoms with Gasteiger partial charge in [-0.05, 0) is 35.9 Å². The Bertz CT molecular complexity index is 692. The summed E-state index contributed by atoms with van der Waals surface area (Å²) >= 11 is 0. The summed E-state index contributed by atoms with van der Waals surface area (Å²) in [5, 5.41) is 12.2. The number of fused-ring (bicyclic) bond motifs is 1. The number of rotatable bonds is 3. The van der Waals surface area contributed by atoms with Crippen LogP contribution in [0.25, 0.3) is 0 Å². The predicted octanol–water partition coefficient (Wildman–Crippen LogP) is 2.48. The first kappa shape index (κ1) is 12.2. The predicted molar refractivity (Wildman–Crippen MR) is 75.5 cm³/mol. The molecule has 0 radical (unpaired) electrons. The van der Waals surface area contributed by atoms with Gasteiger partial charge in [-0.3, -0.25) is 0 Å². The maximum Gasteiger partial charge on any atom is 0.231 e. The number of benzene rings is 2. The Hall–Kier alpha value is -2.87. The van der Waals surface area contributed by atoms with Gasteiger partial charge in [0.15, 0.2) is 11.5 Å². The fourth-order valence-corrected chi connectivity index (χ4v) is 2.02. The number of ether oxygens (including phenoxy) is 2. The summed E-state index contributed by atoms with van der Waals surface area (Å²) in [5.41, 5.74) is 8.58. The molecule has 3 N–H and O–H groups in total. The highest BCUT2D eigenvalue weighted by Gasteiger charge is 2.12. The zero-order chi connectivity index (χ0) is 13.9. The molecule has 2 aromatic rings. The van der Waals surface area contributed by atoms with Crippen LogP contribution in [-0.2, 0) is 6.54 Å². The molecular formula is C15H13N3O2. The fourth-order valence-electron chi connectivity index (χ4n) is 2.02. The molecule has 0 bridgehead atoms. The average Bonchev–Trinajstić information content (AvgIpc) is 2.94. The lowest BCUT2D eigenvalue weighted by Gasteiger charge is -2.08. The monoisotopic (exact) mass is 267 g/mol. The van der Waals surface area contributed by atoms with Crippen molar-refractivity contribution in [1.29, 1.82) is 5.26 Å². The SMILES string of the molecule is N#Cc1cc(NCc2ccc3c(c2)OCO3)ccc1N. The Morgan fingerprint density at radius 1 is 1.15 bits per heavy atom. The minimum atomic E-state index is 0.274. The van der Waals surface area contributed by atoms with Crippen molar-refractivity contribution in [3.05, 3.63) is 47.5 Å². The van der Waals surface area contributed by atoms with Crippen LogP contribution in [0.5, 0.6) is 11.5 Å². The molecule has 3 rings (SSSR count). The molecule has 20 heavy (non-hydrogen) atoms. The van der Waals surface area contributed by atoms with E-state index in [9.17, 15) is 0 Å². The zero-order valence-electron chi connectivity index (χ0n) is 10.7. The van der Waals surface area contributed by atoms with Crippen LogP contribution in [-0.4, -0.2) is 6.79 Å². The Kier molecular flexibility index (Phi) is 3.05. The van der Waals surface area contributed by atoms with Gasteiger partial charge in [-0.25, -0.2) is 0 Å².